The van der Waals surface area contributed by atoms with Crippen molar-refractivity contribution in [3.8, 4) is 0 Å². The van der Waals surface area contributed by atoms with Crippen LogP contribution in [0, 0.1) is 5.82 Å². The van der Waals surface area contributed by atoms with Crippen molar-refractivity contribution in [1.29, 1.82) is 0 Å². The lowest BCUT2D eigenvalue weighted by Gasteiger charge is -2.18. The maximum absolute atomic E-state index is 13.7. The molecule has 1 unspecified atom stereocenters. The summed E-state index contributed by atoms with van der Waals surface area (Å²) in [5.41, 5.74) is 5.57. The molecule has 2 aromatic rings. The maximum atomic E-state index is 13.7. The number of carbonyl (C=O) groups is 3. The Labute approximate surface area is 173 Å². The number of urea groups is 1. The Balaban J connectivity index is 1.94. The van der Waals surface area contributed by atoms with E-state index in [1.165, 1.54) is 12.1 Å². The SMILES string of the molecule is NC(=O)NC(CC(=O)OCC(=O)Nc1ccc(Br)cc1F)c1ccccc1Cl. The number of ether oxygens (including phenoxy) is 1. The monoisotopic (exact) mass is 471 g/mol. The summed E-state index contributed by atoms with van der Waals surface area (Å²) in [7, 11) is 0. The van der Waals surface area contributed by atoms with Gasteiger partial charge in [-0.15, -0.1) is 0 Å². The lowest BCUT2D eigenvalue weighted by Crippen LogP contribution is -2.35. The van der Waals surface area contributed by atoms with E-state index in [0.29, 0.717) is 15.1 Å². The second-order valence-electron chi connectivity index (χ2n) is 5.62. The first-order valence-electron chi connectivity index (χ1n) is 7.97. The first kappa shape index (κ1) is 21.6. The van der Waals surface area contributed by atoms with Crippen LogP contribution in [0.25, 0.3) is 0 Å². The van der Waals surface area contributed by atoms with Crippen LogP contribution in [0.5, 0.6) is 0 Å². The van der Waals surface area contributed by atoms with E-state index in [0.717, 1.165) is 0 Å². The van der Waals surface area contributed by atoms with E-state index in [9.17, 15) is 18.8 Å². The average Bonchev–Trinajstić information content (AvgIpc) is 2.62. The second-order valence-corrected chi connectivity index (χ2v) is 6.94. The molecular formula is C18H16BrClFN3O4. The molecule has 3 amide bonds. The molecule has 7 nitrogen and oxygen atoms in total. The van der Waals surface area contributed by atoms with Gasteiger partial charge in [0.05, 0.1) is 18.2 Å². The number of primary amides is 1. The maximum Gasteiger partial charge on any atom is 0.312 e. The van der Waals surface area contributed by atoms with Crippen molar-refractivity contribution in [2.75, 3.05) is 11.9 Å². The van der Waals surface area contributed by atoms with Gasteiger partial charge in [-0.2, -0.15) is 0 Å². The molecule has 0 heterocycles. The second kappa shape index (κ2) is 10.0. The topological polar surface area (TPSA) is 111 Å². The smallest absolute Gasteiger partial charge is 0.312 e. The van der Waals surface area contributed by atoms with E-state index in [1.807, 2.05) is 0 Å². The van der Waals surface area contributed by atoms with Crippen molar-refractivity contribution >= 4 is 51.1 Å². The summed E-state index contributed by atoms with van der Waals surface area (Å²) in [6.07, 6.45) is -0.299. The highest BCUT2D eigenvalue weighted by Crippen LogP contribution is 2.25. The molecule has 0 aliphatic heterocycles. The van der Waals surface area contributed by atoms with Crippen LogP contribution in [-0.4, -0.2) is 24.5 Å². The molecule has 0 aliphatic carbocycles. The van der Waals surface area contributed by atoms with Crippen LogP contribution in [0.15, 0.2) is 46.9 Å². The Bertz CT molecular complexity index is 897. The van der Waals surface area contributed by atoms with E-state index in [4.69, 9.17) is 22.1 Å². The number of rotatable bonds is 7. The van der Waals surface area contributed by atoms with Gasteiger partial charge in [-0.3, -0.25) is 9.59 Å². The highest BCUT2D eigenvalue weighted by Gasteiger charge is 2.21. The summed E-state index contributed by atoms with van der Waals surface area (Å²) in [5, 5.41) is 5.03. The van der Waals surface area contributed by atoms with Crippen LogP contribution >= 0.6 is 27.5 Å². The van der Waals surface area contributed by atoms with Gasteiger partial charge in [0.25, 0.3) is 5.91 Å². The number of benzene rings is 2. The molecule has 2 aromatic carbocycles. The standard InChI is InChI=1S/C18H16BrClFN3O4/c19-10-5-6-14(13(21)7-10)23-16(25)9-28-17(26)8-15(24-18(22)27)11-3-1-2-4-12(11)20/h1-7,15H,8-9H2,(H,23,25)(H3,22,24,27). The Hall–Kier alpha value is -2.65. The van der Waals surface area contributed by atoms with Gasteiger partial charge in [0.1, 0.15) is 5.82 Å². The molecule has 10 heteroatoms. The number of anilines is 1. The lowest BCUT2D eigenvalue weighted by atomic mass is 10.0. The van der Waals surface area contributed by atoms with Gasteiger partial charge in [-0.1, -0.05) is 45.7 Å². The summed E-state index contributed by atoms with van der Waals surface area (Å²) < 4.78 is 19.1. The zero-order valence-corrected chi connectivity index (χ0v) is 16.7. The van der Waals surface area contributed by atoms with Gasteiger partial charge in [-0.05, 0) is 29.8 Å². The van der Waals surface area contributed by atoms with Gasteiger partial charge in [0.15, 0.2) is 6.61 Å². The van der Waals surface area contributed by atoms with Gasteiger partial charge in [0, 0.05) is 9.50 Å². The number of halogens is 3. The van der Waals surface area contributed by atoms with Gasteiger partial charge in [0.2, 0.25) is 0 Å². The van der Waals surface area contributed by atoms with E-state index < -0.39 is 36.4 Å². The first-order valence-corrected chi connectivity index (χ1v) is 9.14. The molecule has 0 fully saturated rings. The summed E-state index contributed by atoms with van der Waals surface area (Å²) in [4.78, 5) is 35.1. The van der Waals surface area contributed by atoms with E-state index in [1.54, 1.807) is 30.3 Å². The number of amides is 3. The third-order valence-electron chi connectivity index (χ3n) is 3.54. The Kier molecular flexibility index (Phi) is 7.77. The van der Waals surface area contributed by atoms with Crippen molar-refractivity contribution in [3.63, 3.8) is 0 Å². The van der Waals surface area contributed by atoms with Crippen molar-refractivity contribution in [3.05, 3.63) is 63.3 Å². The van der Waals surface area contributed by atoms with Crippen LogP contribution in [0.3, 0.4) is 0 Å². The number of hydrogen-bond acceptors (Lipinski definition) is 4. The van der Waals surface area contributed by atoms with E-state index in [-0.39, 0.29) is 12.1 Å². The van der Waals surface area contributed by atoms with Crippen LogP contribution < -0.4 is 16.4 Å². The number of esters is 1. The number of hydrogen-bond donors (Lipinski definition) is 3. The summed E-state index contributed by atoms with van der Waals surface area (Å²) in [5.74, 6) is -2.13. The first-order chi connectivity index (χ1) is 13.3. The molecule has 28 heavy (non-hydrogen) atoms. The van der Waals surface area contributed by atoms with Gasteiger partial charge >= 0.3 is 12.0 Å². The molecular weight excluding hydrogens is 457 g/mol. The minimum Gasteiger partial charge on any atom is -0.455 e. The fourth-order valence-electron chi connectivity index (χ4n) is 2.32. The molecule has 0 radical (unpaired) electrons. The average molecular weight is 473 g/mol. The van der Waals surface area contributed by atoms with Crippen LogP contribution in [0.2, 0.25) is 5.02 Å². The molecule has 0 aromatic heterocycles. The Morgan fingerprint density at radius 2 is 1.93 bits per heavy atom. The van der Waals surface area contributed by atoms with Gasteiger partial charge in [-0.25, -0.2) is 9.18 Å². The van der Waals surface area contributed by atoms with Crippen molar-refractivity contribution < 1.29 is 23.5 Å². The fraction of sp³-hybridized carbons (Fsp3) is 0.167. The fourth-order valence-corrected chi connectivity index (χ4v) is 2.92. The van der Waals surface area contributed by atoms with E-state index >= 15 is 0 Å². The van der Waals surface area contributed by atoms with Crippen molar-refractivity contribution in [2.24, 2.45) is 5.73 Å². The summed E-state index contributed by atoms with van der Waals surface area (Å²) in [6.45, 7) is -0.625. The molecule has 0 bridgehead atoms. The predicted molar refractivity (Wildman–Crippen MR) is 105 cm³/mol. The normalized spacial score (nSPS) is 11.4. The molecule has 4 N–H and O–H groups in total. The molecule has 0 aliphatic rings. The van der Waals surface area contributed by atoms with E-state index in [2.05, 4.69) is 26.6 Å². The van der Waals surface area contributed by atoms with Crippen LogP contribution in [-0.2, 0) is 14.3 Å². The van der Waals surface area contributed by atoms with Crippen molar-refractivity contribution in [1.82, 2.24) is 5.32 Å². The largest absolute Gasteiger partial charge is 0.455 e. The zero-order chi connectivity index (χ0) is 20.7. The third-order valence-corrected chi connectivity index (χ3v) is 4.37. The highest BCUT2D eigenvalue weighted by atomic mass is 79.9. The minimum atomic E-state index is -0.846. The quantitative estimate of drug-likeness (QED) is 0.535. The predicted octanol–water partition coefficient (Wildman–Crippen LogP) is 3.52. The zero-order valence-electron chi connectivity index (χ0n) is 14.4. The Morgan fingerprint density at radius 3 is 2.57 bits per heavy atom. The molecule has 148 valence electrons. The molecule has 0 saturated heterocycles. The molecule has 2 rings (SSSR count). The van der Waals surface area contributed by atoms with Crippen LogP contribution in [0.1, 0.15) is 18.0 Å². The number of carbonyl (C=O) groups excluding carboxylic acids is 3. The molecule has 0 spiro atoms. The number of nitrogens with one attached hydrogen (secondary N) is 2. The highest BCUT2D eigenvalue weighted by molar-refractivity contribution is 9.10. The number of nitrogens with two attached hydrogens (primary N) is 1. The van der Waals surface area contributed by atoms with Crippen LogP contribution in [0.4, 0.5) is 14.9 Å². The van der Waals surface area contributed by atoms with Crippen molar-refractivity contribution in [2.45, 2.75) is 12.5 Å². The third kappa shape index (κ3) is 6.50. The lowest BCUT2D eigenvalue weighted by molar-refractivity contribution is -0.147. The summed E-state index contributed by atoms with van der Waals surface area (Å²) >= 11 is 9.19. The molecule has 1 atom stereocenters. The summed E-state index contributed by atoms with van der Waals surface area (Å²) in [6, 6.07) is 9.02. The van der Waals surface area contributed by atoms with Gasteiger partial charge < -0.3 is 21.1 Å². The Morgan fingerprint density at radius 1 is 1.21 bits per heavy atom. The molecule has 0 saturated carbocycles. The minimum absolute atomic E-state index is 0.0476.